The first kappa shape index (κ1) is 12.6. The molecule has 0 amide bonds. The highest BCUT2D eigenvalue weighted by Crippen LogP contribution is 2.35. The predicted octanol–water partition coefficient (Wildman–Crippen LogP) is 2.92. The van der Waals surface area contributed by atoms with Crippen LogP contribution in [0.4, 0.5) is 0 Å². The van der Waals surface area contributed by atoms with Gasteiger partial charge in [-0.05, 0) is 31.0 Å². The lowest BCUT2D eigenvalue weighted by molar-refractivity contribution is -0.145. The molecule has 0 radical (unpaired) electrons. The molecule has 2 rings (SSSR count). The van der Waals surface area contributed by atoms with Crippen molar-refractivity contribution in [1.29, 1.82) is 0 Å². The number of hydrogen-bond donors (Lipinski definition) is 0. The van der Waals surface area contributed by atoms with E-state index in [2.05, 4.69) is 15.9 Å². The lowest BCUT2D eigenvalue weighted by atomic mass is 10.2. The normalized spacial score (nSPS) is 22.2. The number of ether oxygens (including phenoxy) is 2. The Balaban J connectivity index is 1.74. The first-order chi connectivity index (χ1) is 8.20. The van der Waals surface area contributed by atoms with Crippen LogP contribution in [0.25, 0.3) is 0 Å². The van der Waals surface area contributed by atoms with Crippen LogP contribution in [-0.4, -0.2) is 18.7 Å². The van der Waals surface area contributed by atoms with Gasteiger partial charge < -0.3 is 9.47 Å². The zero-order chi connectivity index (χ0) is 12.3. The predicted molar refractivity (Wildman–Crippen MR) is 67.5 cm³/mol. The van der Waals surface area contributed by atoms with Crippen LogP contribution in [-0.2, 0) is 20.9 Å². The Morgan fingerprint density at radius 3 is 2.76 bits per heavy atom. The summed E-state index contributed by atoms with van der Waals surface area (Å²) in [6.45, 7) is 2.81. The van der Waals surface area contributed by atoms with Crippen LogP contribution in [0.1, 0.15) is 18.9 Å². The maximum Gasteiger partial charge on any atom is 0.311 e. The standard InChI is InChI=1S/C13H15BrO3/c1-2-16-13(15)11-7-12(11)17-8-9-3-5-10(14)6-4-9/h3-6,11-12H,2,7-8H2,1H3. The summed E-state index contributed by atoms with van der Waals surface area (Å²) in [6.07, 6.45) is 0.827. The van der Waals surface area contributed by atoms with Crippen molar-refractivity contribution in [1.82, 2.24) is 0 Å². The molecule has 2 unspecified atom stereocenters. The quantitative estimate of drug-likeness (QED) is 0.784. The first-order valence-electron chi connectivity index (χ1n) is 5.73. The molecule has 17 heavy (non-hydrogen) atoms. The van der Waals surface area contributed by atoms with Crippen molar-refractivity contribution in [2.45, 2.75) is 26.1 Å². The van der Waals surface area contributed by atoms with Crippen molar-refractivity contribution in [2.24, 2.45) is 5.92 Å². The highest BCUT2D eigenvalue weighted by Gasteiger charge is 2.45. The highest BCUT2D eigenvalue weighted by molar-refractivity contribution is 9.10. The molecule has 1 aliphatic carbocycles. The Morgan fingerprint density at radius 2 is 2.12 bits per heavy atom. The molecule has 1 aromatic carbocycles. The molecule has 0 bridgehead atoms. The van der Waals surface area contributed by atoms with Gasteiger partial charge in [-0.1, -0.05) is 28.1 Å². The average molecular weight is 299 g/mol. The van der Waals surface area contributed by atoms with Gasteiger partial charge in [0.15, 0.2) is 0 Å². The summed E-state index contributed by atoms with van der Waals surface area (Å²) in [5.41, 5.74) is 1.11. The second kappa shape index (κ2) is 5.65. The SMILES string of the molecule is CCOC(=O)C1CC1OCc1ccc(Br)cc1. The summed E-state index contributed by atoms with van der Waals surface area (Å²) in [7, 11) is 0. The van der Waals surface area contributed by atoms with Gasteiger partial charge in [-0.3, -0.25) is 4.79 Å². The Hall–Kier alpha value is -0.870. The van der Waals surface area contributed by atoms with Crippen molar-refractivity contribution in [2.75, 3.05) is 6.61 Å². The van der Waals surface area contributed by atoms with Crippen LogP contribution in [0.5, 0.6) is 0 Å². The Morgan fingerprint density at radius 1 is 1.41 bits per heavy atom. The maximum absolute atomic E-state index is 11.4. The highest BCUT2D eigenvalue weighted by atomic mass is 79.9. The molecular formula is C13H15BrO3. The van der Waals surface area contributed by atoms with Crippen LogP contribution in [0.15, 0.2) is 28.7 Å². The van der Waals surface area contributed by atoms with Gasteiger partial charge in [-0.15, -0.1) is 0 Å². The zero-order valence-electron chi connectivity index (χ0n) is 9.69. The number of halogens is 1. The van der Waals surface area contributed by atoms with Crippen LogP contribution < -0.4 is 0 Å². The lowest BCUT2D eigenvalue weighted by Gasteiger charge is -2.04. The maximum atomic E-state index is 11.4. The molecule has 4 heteroatoms. The monoisotopic (exact) mass is 298 g/mol. The molecule has 2 atom stereocenters. The van der Waals surface area contributed by atoms with E-state index in [1.54, 1.807) is 0 Å². The average Bonchev–Trinajstić information content (AvgIpc) is 3.08. The minimum atomic E-state index is -0.131. The van der Waals surface area contributed by atoms with E-state index < -0.39 is 0 Å². The largest absolute Gasteiger partial charge is 0.466 e. The van der Waals surface area contributed by atoms with E-state index >= 15 is 0 Å². The van der Waals surface area contributed by atoms with Crippen LogP contribution in [0.2, 0.25) is 0 Å². The van der Waals surface area contributed by atoms with Crippen molar-refractivity contribution in [3.05, 3.63) is 34.3 Å². The van der Waals surface area contributed by atoms with Gasteiger partial charge in [0.2, 0.25) is 0 Å². The van der Waals surface area contributed by atoms with E-state index in [0.29, 0.717) is 13.2 Å². The Kier molecular flexibility index (Phi) is 4.18. The molecule has 1 fully saturated rings. The van der Waals surface area contributed by atoms with Gasteiger partial charge in [-0.2, -0.15) is 0 Å². The first-order valence-corrected chi connectivity index (χ1v) is 6.52. The molecule has 0 aromatic heterocycles. The molecule has 1 saturated carbocycles. The van der Waals surface area contributed by atoms with Crippen LogP contribution in [0.3, 0.4) is 0 Å². The topological polar surface area (TPSA) is 35.5 Å². The summed E-state index contributed by atoms with van der Waals surface area (Å²) in [4.78, 5) is 11.4. The number of carbonyl (C=O) groups excluding carboxylic acids is 1. The molecule has 1 aliphatic rings. The minimum absolute atomic E-state index is 0.0395. The fraction of sp³-hybridized carbons (Fsp3) is 0.462. The third kappa shape index (κ3) is 3.54. The number of esters is 1. The molecule has 0 spiro atoms. The van der Waals surface area contributed by atoms with Crippen LogP contribution in [0, 0.1) is 5.92 Å². The van der Waals surface area contributed by atoms with Gasteiger partial charge >= 0.3 is 5.97 Å². The third-order valence-electron chi connectivity index (χ3n) is 2.70. The number of carbonyl (C=O) groups is 1. The third-order valence-corrected chi connectivity index (χ3v) is 3.23. The van der Waals surface area contributed by atoms with Gasteiger partial charge in [0.1, 0.15) is 0 Å². The Bertz CT molecular complexity index is 388. The fourth-order valence-electron chi connectivity index (χ4n) is 1.64. The lowest BCUT2D eigenvalue weighted by Crippen LogP contribution is -2.10. The summed E-state index contributed by atoms with van der Waals surface area (Å²) in [6, 6.07) is 7.97. The van der Waals surface area contributed by atoms with E-state index in [1.807, 2.05) is 31.2 Å². The molecule has 0 saturated heterocycles. The molecular weight excluding hydrogens is 284 g/mol. The van der Waals surface area contributed by atoms with Crippen molar-refractivity contribution < 1.29 is 14.3 Å². The number of benzene rings is 1. The zero-order valence-corrected chi connectivity index (χ0v) is 11.3. The van der Waals surface area contributed by atoms with Crippen molar-refractivity contribution in [3.63, 3.8) is 0 Å². The summed E-state index contributed by atoms with van der Waals surface area (Å²) in [5, 5.41) is 0. The van der Waals surface area contributed by atoms with Crippen molar-refractivity contribution in [3.8, 4) is 0 Å². The van der Waals surface area contributed by atoms with Gasteiger partial charge in [0.05, 0.1) is 25.2 Å². The van der Waals surface area contributed by atoms with Gasteiger partial charge in [-0.25, -0.2) is 0 Å². The van der Waals surface area contributed by atoms with E-state index in [1.165, 1.54) is 0 Å². The fourth-order valence-corrected chi connectivity index (χ4v) is 1.90. The molecule has 3 nitrogen and oxygen atoms in total. The summed E-state index contributed by atoms with van der Waals surface area (Å²) < 4.78 is 11.6. The number of hydrogen-bond acceptors (Lipinski definition) is 3. The van der Waals surface area contributed by atoms with E-state index in [0.717, 1.165) is 16.5 Å². The Labute approximate surface area is 109 Å². The molecule has 0 heterocycles. The van der Waals surface area contributed by atoms with E-state index in [4.69, 9.17) is 9.47 Å². The van der Waals surface area contributed by atoms with E-state index in [9.17, 15) is 4.79 Å². The minimum Gasteiger partial charge on any atom is -0.466 e. The summed E-state index contributed by atoms with van der Waals surface area (Å²) >= 11 is 3.38. The van der Waals surface area contributed by atoms with E-state index in [-0.39, 0.29) is 18.0 Å². The number of rotatable bonds is 5. The molecule has 92 valence electrons. The second-order valence-electron chi connectivity index (χ2n) is 4.07. The molecule has 0 aliphatic heterocycles. The second-order valence-corrected chi connectivity index (χ2v) is 4.99. The molecule has 0 N–H and O–H groups in total. The van der Waals surface area contributed by atoms with Gasteiger partial charge in [0.25, 0.3) is 0 Å². The summed E-state index contributed by atoms with van der Waals surface area (Å²) in [5.74, 6) is -0.182. The van der Waals surface area contributed by atoms with Gasteiger partial charge in [0, 0.05) is 4.47 Å². The van der Waals surface area contributed by atoms with Crippen LogP contribution >= 0.6 is 15.9 Å². The molecule has 1 aromatic rings. The smallest absolute Gasteiger partial charge is 0.311 e. The van der Waals surface area contributed by atoms with Crippen molar-refractivity contribution >= 4 is 21.9 Å².